The number of anilines is 1. The molecule has 0 radical (unpaired) electrons. The number of nitrogens with zero attached hydrogens (tertiary/aromatic N) is 2. The van der Waals surface area contributed by atoms with E-state index < -0.39 is 0 Å². The van der Waals surface area contributed by atoms with Crippen molar-refractivity contribution >= 4 is 11.7 Å². The fourth-order valence-corrected chi connectivity index (χ4v) is 7.19. The Hall–Kier alpha value is -3.21. The zero-order chi connectivity index (χ0) is 23.1. The van der Waals surface area contributed by atoms with Crippen LogP contribution < -0.4 is 10.1 Å². The van der Waals surface area contributed by atoms with Crippen LogP contribution in [0.15, 0.2) is 60.8 Å². The Kier molecular flexibility index (Phi) is 5.35. The third kappa shape index (κ3) is 4.08. The molecule has 4 aliphatic carbocycles. The first-order valence-electron chi connectivity index (χ1n) is 12.5. The van der Waals surface area contributed by atoms with Gasteiger partial charge in [-0.3, -0.25) is 4.79 Å². The van der Waals surface area contributed by atoms with Gasteiger partial charge in [0, 0.05) is 11.1 Å². The Balaban J connectivity index is 1.34. The predicted octanol–water partition coefficient (Wildman–Crippen LogP) is 6.16. The van der Waals surface area contributed by atoms with Crippen LogP contribution in [0.2, 0.25) is 0 Å². The summed E-state index contributed by atoms with van der Waals surface area (Å²) in [6.45, 7) is 0. The van der Waals surface area contributed by atoms with Crippen molar-refractivity contribution in [3.05, 3.63) is 72.1 Å². The van der Waals surface area contributed by atoms with Gasteiger partial charge in [-0.2, -0.15) is 0 Å². The molecule has 3 aromatic rings. The highest BCUT2D eigenvalue weighted by Crippen LogP contribution is 2.61. The zero-order valence-corrected chi connectivity index (χ0v) is 19.7. The van der Waals surface area contributed by atoms with Crippen LogP contribution in [0.25, 0.3) is 11.3 Å². The molecule has 5 nitrogen and oxygen atoms in total. The van der Waals surface area contributed by atoms with Crippen LogP contribution in [0.5, 0.6) is 5.75 Å². The minimum absolute atomic E-state index is 0.140. The lowest BCUT2D eigenvalue weighted by Gasteiger charge is -2.57. The summed E-state index contributed by atoms with van der Waals surface area (Å²) < 4.78 is 5.31. The van der Waals surface area contributed by atoms with Gasteiger partial charge in [-0.1, -0.05) is 18.2 Å². The van der Waals surface area contributed by atoms with Gasteiger partial charge in [0.25, 0.3) is 5.91 Å². The maximum absolute atomic E-state index is 13.0. The lowest BCUT2D eigenvalue weighted by atomic mass is 9.48. The quantitative estimate of drug-likeness (QED) is 0.485. The number of benzene rings is 2. The molecule has 1 aromatic heterocycles. The summed E-state index contributed by atoms with van der Waals surface area (Å²) in [6.07, 6.45) is 10.8. The lowest BCUT2D eigenvalue weighted by Crippen LogP contribution is -2.47. The molecule has 174 valence electrons. The van der Waals surface area contributed by atoms with E-state index in [0.29, 0.717) is 16.8 Å². The van der Waals surface area contributed by atoms with Gasteiger partial charge in [0.2, 0.25) is 0 Å². The molecule has 7 rings (SSSR count). The van der Waals surface area contributed by atoms with Gasteiger partial charge in [-0.25, -0.2) is 9.97 Å². The van der Waals surface area contributed by atoms with Crippen LogP contribution >= 0.6 is 0 Å². The van der Waals surface area contributed by atoms with Gasteiger partial charge in [0.05, 0.1) is 24.7 Å². The first-order valence-corrected chi connectivity index (χ1v) is 12.5. The second kappa shape index (κ2) is 8.53. The maximum Gasteiger partial charge on any atom is 0.256 e. The molecule has 0 aliphatic heterocycles. The van der Waals surface area contributed by atoms with E-state index >= 15 is 0 Å². The van der Waals surface area contributed by atoms with Crippen molar-refractivity contribution in [2.24, 2.45) is 23.2 Å². The molecule has 0 saturated heterocycles. The lowest BCUT2D eigenvalue weighted by molar-refractivity contribution is -0.0526. The van der Waals surface area contributed by atoms with Crippen molar-refractivity contribution in [2.75, 3.05) is 12.4 Å². The Labute approximate surface area is 201 Å². The molecule has 0 unspecified atom stereocenters. The third-order valence-corrected chi connectivity index (χ3v) is 8.21. The number of hydrogen-bond acceptors (Lipinski definition) is 4. The molecule has 4 fully saturated rings. The highest BCUT2D eigenvalue weighted by atomic mass is 16.5. The number of hydrogen-bond donors (Lipinski definition) is 1. The molecule has 4 bridgehead atoms. The normalized spacial score (nSPS) is 26.9. The van der Waals surface area contributed by atoms with Gasteiger partial charge in [-0.15, -0.1) is 0 Å². The first kappa shape index (κ1) is 21.3. The third-order valence-electron chi connectivity index (χ3n) is 8.21. The van der Waals surface area contributed by atoms with Crippen molar-refractivity contribution in [3.8, 4) is 17.0 Å². The fourth-order valence-electron chi connectivity index (χ4n) is 7.19. The molecule has 4 aliphatic rings. The van der Waals surface area contributed by atoms with E-state index in [1.807, 2.05) is 54.6 Å². The number of methoxy groups -OCH3 is 1. The number of amides is 1. The van der Waals surface area contributed by atoms with E-state index in [1.54, 1.807) is 13.3 Å². The summed E-state index contributed by atoms with van der Waals surface area (Å²) in [6, 6.07) is 17.2. The van der Waals surface area contributed by atoms with Crippen molar-refractivity contribution in [1.29, 1.82) is 0 Å². The molecule has 5 heteroatoms. The molecule has 2 aromatic carbocycles. The number of ether oxygens (including phenoxy) is 1. The molecule has 0 atom stereocenters. The minimum atomic E-state index is -0.140. The minimum Gasteiger partial charge on any atom is -0.497 e. The number of carbonyl (C=O) groups excluding carboxylic acids is 1. The molecule has 0 spiro atoms. The molecule has 34 heavy (non-hydrogen) atoms. The second-order valence-corrected chi connectivity index (χ2v) is 10.7. The monoisotopic (exact) mass is 453 g/mol. The average Bonchev–Trinajstić information content (AvgIpc) is 2.84. The first-order chi connectivity index (χ1) is 16.6. The maximum atomic E-state index is 13.0. The summed E-state index contributed by atoms with van der Waals surface area (Å²) in [5.74, 6) is 3.88. The van der Waals surface area contributed by atoms with Crippen molar-refractivity contribution in [2.45, 2.75) is 44.9 Å². The summed E-state index contributed by atoms with van der Waals surface area (Å²) >= 11 is 0. The van der Waals surface area contributed by atoms with Crippen LogP contribution in [0, 0.1) is 23.2 Å². The Bertz CT molecular complexity index is 1150. The van der Waals surface area contributed by atoms with E-state index in [-0.39, 0.29) is 5.91 Å². The Morgan fingerprint density at radius 3 is 2.24 bits per heavy atom. The van der Waals surface area contributed by atoms with Gasteiger partial charge in [0.1, 0.15) is 5.75 Å². The largest absolute Gasteiger partial charge is 0.497 e. The van der Waals surface area contributed by atoms with Crippen molar-refractivity contribution in [1.82, 2.24) is 9.97 Å². The standard InChI is InChI=1S/C29H31N3O2/c1-34-24-9-7-22(8-10-24)26-18-30-27(32-28(33)23-5-3-2-4-6-23)25(31-26)17-29-14-19-11-20(15-29)13-21(12-19)16-29/h2-10,18-21H,11-17H2,1H3,(H,30,32,33). The highest BCUT2D eigenvalue weighted by Gasteiger charge is 2.51. The summed E-state index contributed by atoms with van der Waals surface area (Å²) in [4.78, 5) is 22.8. The summed E-state index contributed by atoms with van der Waals surface area (Å²) in [7, 11) is 1.67. The summed E-state index contributed by atoms with van der Waals surface area (Å²) in [5.41, 5.74) is 3.68. The molecule has 1 heterocycles. The smallest absolute Gasteiger partial charge is 0.256 e. The number of carbonyl (C=O) groups is 1. The number of nitrogens with one attached hydrogen (secondary N) is 1. The molecule has 1 amide bonds. The van der Waals surface area contributed by atoms with Crippen LogP contribution in [-0.4, -0.2) is 23.0 Å². The van der Waals surface area contributed by atoms with Gasteiger partial charge >= 0.3 is 0 Å². The number of rotatable bonds is 6. The Morgan fingerprint density at radius 2 is 1.62 bits per heavy atom. The molecular formula is C29H31N3O2. The van der Waals surface area contributed by atoms with E-state index in [2.05, 4.69) is 5.32 Å². The zero-order valence-electron chi connectivity index (χ0n) is 19.7. The fraction of sp³-hybridized carbons (Fsp3) is 0.414. The van der Waals surface area contributed by atoms with E-state index in [0.717, 1.165) is 46.9 Å². The van der Waals surface area contributed by atoms with Gasteiger partial charge < -0.3 is 10.1 Å². The molecular weight excluding hydrogens is 422 g/mol. The SMILES string of the molecule is COc1ccc(-c2cnc(NC(=O)c3ccccc3)c(CC34CC5CC(CC(C5)C3)C4)n2)cc1. The van der Waals surface area contributed by atoms with Crippen LogP contribution in [0.3, 0.4) is 0 Å². The van der Waals surface area contributed by atoms with E-state index in [4.69, 9.17) is 14.7 Å². The summed E-state index contributed by atoms with van der Waals surface area (Å²) in [5, 5.41) is 3.07. The van der Waals surface area contributed by atoms with Crippen LogP contribution in [0.4, 0.5) is 5.82 Å². The van der Waals surface area contributed by atoms with E-state index in [9.17, 15) is 4.79 Å². The second-order valence-electron chi connectivity index (χ2n) is 10.7. The van der Waals surface area contributed by atoms with Crippen LogP contribution in [-0.2, 0) is 6.42 Å². The van der Waals surface area contributed by atoms with Crippen molar-refractivity contribution in [3.63, 3.8) is 0 Å². The van der Waals surface area contributed by atoms with E-state index in [1.165, 1.54) is 38.5 Å². The highest BCUT2D eigenvalue weighted by molar-refractivity contribution is 6.04. The Morgan fingerprint density at radius 1 is 0.971 bits per heavy atom. The number of aromatic nitrogens is 2. The predicted molar refractivity (Wildman–Crippen MR) is 133 cm³/mol. The average molecular weight is 454 g/mol. The van der Waals surface area contributed by atoms with Crippen molar-refractivity contribution < 1.29 is 9.53 Å². The molecule has 4 saturated carbocycles. The van der Waals surface area contributed by atoms with Gasteiger partial charge in [-0.05, 0) is 105 Å². The van der Waals surface area contributed by atoms with Gasteiger partial charge in [0.15, 0.2) is 5.82 Å². The molecule has 1 N–H and O–H groups in total. The van der Waals surface area contributed by atoms with Crippen LogP contribution in [0.1, 0.15) is 54.6 Å². The topological polar surface area (TPSA) is 64.1 Å².